The van der Waals surface area contributed by atoms with E-state index in [0.717, 1.165) is 24.2 Å². The Morgan fingerprint density at radius 3 is 2.59 bits per heavy atom. The molecule has 0 radical (unpaired) electrons. The zero-order valence-corrected chi connectivity index (χ0v) is 16.1. The van der Waals surface area contributed by atoms with Gasteiger partial charge in [0.1, 0.15) is 29.8 Å². The molecule has 1 saturated carbocycles. The van der Waals surface area contributed by atoms with Crippen molar-refractivity contribution in [2.24, 2.45) is 5.73 Å². The van der Waals surface area contributed by atoms with Gasteiger partial charge in [-0.2, -0.15) is 0 Å². The lowest BCUT2D eigenvalue weighted by Gasteiger charge is -2.17. The number of benzene rings is 1. The molecule has 3 aliphatic rings. The molecule has 1 aromatic carbocycles. The summed E-state index contributed by atoms with van der Waals surface area (Å²) in [5.74, 6) is 1.25. The Balaban J connectivity index is 1.43. The van der Waals surface area contributed by atoms with E-state index >= 15 is 0 Å². The fraction of sp³-hybridized carbons (Fsp3) is 0.526. The van der Waals surface area contributed by atoms with E-state index < -0.39 is 0 Å². The molecule has 2 unspecified atom stereocenters. The van der Waals surface area contributed by atoms with Crippen LogP contribution in [0.25, 0.3) is 11.3 Å². The Labute approximate surface area is 166 Å². The number of hydrogen-bond donors (Lipinski definition) is 1. The molecule has 2 saturated heterocycles. The van der Waals surface area contributed by atoms with E-state index in [0.29, 0.717) is 47.0 Å². The molecule has 2 aliphatic heterocycles. The van der Waals surface area contributed by atoms with E-state index in [9.17, 15) is 0 Å². The number of ether oxygens (including phenoxy) is 3. The highest BCUT2D eigenvalue weighted by Gasteiger charge is 2.47. The molecule has 0 amide bonds. The molecule has 5 rings (SSSR count). The number of nitrogens with two attached hydrogens (primary N) is 1. The summed E-state index contributed by atoms with van der Waals surface area (Å²) in [5, 5.41) is 5.36. The lowest BCUT2D eigenvalue weighted by Crippen LogP contribution is -2.37. The molecular formula is C19H20Cl2N2O4. The van der Waals surface area contributed by atoms with Crippen LogP contribution in [0.15, 0.2) is 22.7 Å². The SMILES string of the molecule is NC1CO[C@@H]2C(OCc3c(-c4c(Cl)cccc4Cl)noc3C3CC3)CO[C@H]12. The van der Waals surface area contributed by atoms with Crippen LogP contribution in [-0.2, 0) is 20.8 Å². The Kier molecular flexibility index (Phi) is 4.66. The summed E-state index contributed by atoms with van der Waals surface area (Å²) in [6.45, 7) is 1.30. The summed E-state index contributed by atoms with van der Waals surface area (Å²) >= 11 is 12.8. The number of nitrogens with zero attached hydrogens (tertiary/aromatic N) is 1. The number of fused-ring (bicyclic) bond motifs is 1. The van der Waals surface area contributed by atoms with Crippen LogP contribution in [0.3, 0.4) is 0 Å². The van der Waals surface area contributed by atoms with E-state index in [1.807, 2.05) is 6.07 Å². The van der Waals surface area contributed by atoms with E-state index in [2.05, 4.69) is 5.16 Å². The van der Waals surface area contributed by atoms with Crippen LogP contribution in [0.2, 0.25) is 10.0 Å². The lowest BCUT2D eigenvalue weighted by molar-refractivity contribution is -0.0392. The van der Waals surface area contributed by atoms with Crippen molar-refractivity contribution in [3.63, 3.8) is 0 Å². The fourth-order valence-electron chi connectivity index (χ4n) is 3.88. The zero-order valence-electron chi connectivity index (χ0n) is 14.6. The summed E-state index contributed by atoms with van der Waals surface area (Å²) < 4.78 is 23.4. The summed E-state index contributed by atoms with van der Waals surface area (Å²) in [7, 11) is 0. The molecular weight excluding hydrogens is 391 g/mol. The van der Waals surface area contributed by atoms with Gasteiger partial charge in [0, 0.05) is 17.0 Å². The van der Waals surface area contributed by atoms with Gasteiger partial charge in [0.05, 0.1) is 35.9 Å². The zero-order chi connectivity index (χ0) is 18.5. The Morgan fingerprint density at radius 2 is 1.85 bits per heavy atom. The van der Waals surface area contributed by atoms with Gasteiger partial charge in [0.15, 0.2) is 0 Å². The number of aromatic nitrogens is 1. The lowest BCUT2D eigenvalue weighted by atomic mass is 10.0. The molecule has 6 nitrogen and oxygen atoms in total. The van der Waals surface area contributed by atoms with Crippen molar-refractivity contribution in [1.29, 1.82) is 0 Å². The van der Waals surface area contributed by atoms with Crippen molar-refractivity contribution in [2.75, 3.05) is 13.2 Å². The van der Waals surface area contributed by atoms with E-state index in [4.69, 9.17) is 47.7 Å². The molecule has 2 N–H and O–H groups in total. The van der Waals surface area contributed by atoms with Gasteiger partial charge in [0.2, 0.25) is 0 Å². The molecule has 1 aromatic heterocycles. The third kappa shape index (κ3) is 3.18. The maximum atomic E-state index is 6.40. The van der Waals surface area contributed by atoms with Crippen LogP contribution in [0, 0.1) is 0 Å². The van der Waals surface area contributed by atoms with Crippen molar-refractivity contribution >= 4 is 23.2 Å². The van der Waals surface area contributed by atoms with Crippen LogP contribution in [0.5, 0.6) is 0 Å². The summed E-state index contributed by atoms with van der Waals surface area (Å²) in [5.41, 5.74) is 8.24. The molecule has 8 heteroatoms. The standard InChI is InChI=1S/C19H20Cl2N2O4/c20-11-2-1-3-12(21)15(11)16-10(17(27-23-16)9-4-5-9)6-24-14-8-26-18-13(22)7-25-19(14)18/h1-3,9,13-14,18-19H,4-8,22H2/t13?,14?,18-,19-/m1/s1. The third-order valence-electron chi connectivity index (χ3n) is 5.45. The van der Waals surface area contributed by atoms with Crippen molar-refractivity contribution in [2.45, 2.75) is 49.7 Å². The predicted molar refractivity (Wildman–Crippen MR) is 100.0 cm³/mol. The summed E-state index contributed by atoms with van der Waals surface area (Å²) in [6.07, 6.45) is 1.79. The summed E-state index contributed by atoms with van der Waals surface area (Å²) in [6, 6.07) is 5.30. The van der Waals surface area contributed by atoms with Crippen LogP contribution >= 0.6 is 23.2 Å². The topological polar surface area (TPSA) is 79.7 Å². The molecule has 0 spiro atoms. The second-order valence-corrected chi connectivity index (χ2v) is 8.17. The molecule has 1 aliphatic carbocycles. The largest absolute Gasteiger partial charge is 0.371 e. The van der Waals surface area contributed by atoms with Gasteiger partial charge in [-0.15, -0.1) is 0 Å². The minimum atomic E-state index is -0.167. The molecule has 144 valence electrons. The minimum absolute atomic E-state index is 0.0984. The van der Waals surface area contributed by atoms with E-state index in [1.165, 1.54) is 0 Å². The molecule has 4 atom stereocenters. The fourth-order valence-corrected chi connectivity index (χ4v) is 4.45. The normalized spacial score (nSPS) is 30.0. The Bertz CT molecular complexity index is 834. The van der Waals surface area contributed by atoms with Crippen LogP contribution < -0.4 is 5.73 Å². The van der Waals surface area contributed by atoms with Crippen molar-refractivity contribution in [1.82, 2.24) is 5.16 Å². The minimum Gasteiger partial charge on any atom is -0.371 e. The first-order valence-electron chi connectivity index (χ1n) is 9.16. The van der Waals surface area contributed by atoms with Crippen molar-refractivity contribution in [3.8, 4) is 11.3 Å². The van der Waals surface area contributed by atoms with Crippen LogP contribution in [0.1, 0.15) is 30.1 Å². The van der Waals surface area contributed by atoms with Gasteiger partial charge in [-0.1, -0.05) is 34.4 Å². The van der Waals surface area contributed by atoms with E-state index in [1.54, 1.807) is 12.1 Å². The van der Waals surface area contributed by atoms with Gasteiger partial charge >= 0.3 is 0 Å². The average molecular weight is 411 g/mol. The monoisotopic (exact) mass is 410 g/mol. The highest BCUT2D eigenvalue weighted by atomic mass is 35.5. The Morgan fingerprint density at radius 1 is 1.11 bits per heavy atom. The molecule has 3 heterocycles. The number of halogens is 2. The first-order valence-corrected chi connectivity index (χ1v) is 9.92. The van der Waals surface area contributed by atoms with Crippen molar-refractivity contribution < 1.29 is 18.7 Å². The van der Waals surface area contributed by atoms with Gasteiger partial charge < -0.3 is 24.5 Å². The highest BCUT2D eigenvalue weighted by molar-refractivity contribution is 6.39. The van der Waals surface area contributed by atoms with E-state index in [-0.39, 0.29) is 24.4 Å². The average Bonchev–Trinajstić information content (AvgIpc) is 3.12. The summed E-state index contributed by atoms with van der Waals surface area (Å²) in [4.78, 5) is 0. The molecule has 27 heavy (non-hydrogen) atoms. The first kappa shape index (κ1) is 17.9. The second-order valence-electron chi connectivity index (χ2n) is 7.35. The maximum Gasteiger partial charge on any atom is 0.145 e. The van der Waals surface area contributed by atoms with Gasteiger partial charge in [0.25, 0.3) is 0 Å². The predicted octanol–water partition coefficient (Wildman–Crippen LogP) is 3.54. The van der Waals surface area contributed by atoms with Gasteiger partial charge in [-0.25, -0.2) is 0 Å². The Hall–Kier alpha value is -1.15. The highest BCUT2D eigenvalue weighted by Crippen LogP contribution is 2.46. The van der Waals surface area contributed by atoms with Gasteiger partial charge in [-0.05, 0) is 25.0 Å². The van der Waals surface area contributed by atoms with Crippen LogP contribution in [-0.4, -0.2) is 42.7 Å². The van der Waals surface area contributed by atoms with Crippen LogP contribution in [0.4, 0.5) is 0 Å². The third-order valence-corrected chi connectivity index (χ3v) is 6.08. The first-order chi connectivity index (χ1) is 13.1. The van der Waals surface area contributed by atoms with Gasteiger partial charge in [-0.3, -0.25) is 0 Å². The number of hydrogen-bond acceptors (Lipinski definition) is 6. The second kappa shape index (κ2) is 7.03. The quantitative estimate of drug-likeness (QED) is 0.811. The maximum absolute atomic E-state index is 6.40. The smallest absolute Gasteiger partial charge is 0.145 e. The number of rotatable bonds is 5. The molecule has 3 fully saturated rings. The van der Waals surface area contributed by atoms with Crippen molar-refractivity contribution in [3.05, 3.63) is 39.6 Å². The molecule has 0 bridgehead atoms. The molecule has 2 aromatic rings.